The molecule has 0 aromatic carbocycles. The highest BCUT2D eigenvalue weighted by molar-refractivity contribution is 5.69. The number of aliphatic carboxylic acids is 1. The van der Waals surface area contributed by atoms with E-state index in [1.54, 1.807) is 0 Å². The van der Waals surface area contributed by atoms with E-state index in [9.17, 15) is 9.59 Å². The Hall–Kier alpha value is -1.06. The zero-order chi connectivity index (χ0) is 29.4. The molecule has 1 atom stereocenters. The smallest absolute Gasteiger partial charge is 0.306 e. The largest absolute Gasteiger partial charge is 0.481 e. The maximum absolute atomic E-state index is 12.6. The molecule has 0 aromatic rings. The first kappa shape index (κ1) is 38.9. The molecule has 1 N–H and O–H groups in total. The van der Waals surface area contributed by atoms with E-state index in [0.29, 0.717) is 6.42 Å². The van der Waals surface area contributed by atoms with Crippen molar-refractivity contribution in [2.75, 3.05) is 0 Å². The Morgan fingerprint density at radius 3 is 1.10 bits per heavy atom. The fourth-order valence-electron chi connectivity index (χ4n) is 5.66. The van der Waals surface area contributed by atoms with Crippen LogP contribution in [-0.2, 0) is 14.3 Å². The van der Waals surface area contributed by atoms with Gasteiger partial charge in [0.05, 0.1) is 0 Å². The van der Waals surface area contributed by atoms with Gasteiger partial charge >= 0.3 is 11.9 Å². The van der Waals surface area contributed by atoms with Crippen LogP contribution < -0.4 is 0 Å². The number of carbonyl (C=O) groups excluding carboxylic acids is 1. The summed E-state index contributed by atoms with van der Waals surface area (Å²) in [5, 5.41) is 8.74. The fourth-order valence-corrected chi connectivity index (χ4v) is 5.66. The number of ether oxygens (including phenoxy) is 1. The third kappa shape index (κ3) is 31.5. The molecule has 0 unspecified atom stereocenters. The van der Waals surface area contributed by atoms with Gasteiger partial charge in [0.25, 0.3) is 0 Å². The van der Waals surface area contributed by atoms with Crippen molar-refractivity contribution >= 4 is 11.9 Å². The number of carbonyl (C=O) groups is 2. The summed E-state index contributed by atoms with van der Waals surface area (Å²) in [5.74, 6) is -0.678. The molecule has 0 aliphatic carbocycles. The molecule has 40 heavy (non-hydrogen) atoms. The molecule has 0 spiro atoms. The van der Waals surface area contributed by atoms with E-state index in [1.807, 2.05) is 0 Å². The summed E-state index contributed by atoms with van der Waals surface area (Å²) in [6, 6.07) is 0. The lowest BCUT2D eigenvalue weighted by Crippen LogP contribution is -2.18. The van der Waals surface area contributed by atoms with Crippen LogP contribution >= 0.6 is 0 Å². The lowest BCUT2D eigenvalue weighted by molar-refractivity contribution is -0.150. The summed E-state index contributed by atoms with van der Waals surface area (Å²) < 4.78 is 5.96. The minimum absolute atomic E-state index is 0.0133. The molecule has 4 heteroatoms. The Morgan fingerprint density at radius 1 is 0.450 bits per heavy atom. The van der Waals surface area contributed by atoms with Gasteiger partial charge in [0, 0.05) is 12.8 Å². The monoisotopic (exact) mass is 567 g/mol. The van der Waals surface area contributed by atoms with Crippen molar-refractivity contribution in [1.29, 1.82) is 0 Å². The minimum Gasteiger partial charge on any atom is -0.481 e. The van der Waals surface area contributed by atoms with Gasteiger partial charge in [0.15, 0.2) is 0 Å². The molecule has 0 aliphatic heterocycles. The molecule has 0 amide bonds. The van der Waals surface area contributed by atoms with Crippen LogP contribution in [0.2, 0.25) is 0 Å². The van der Waals surface area contributed by atoms with Crippen molar-refractivity contribution in [3.8, 4) is 0 Å². The Bertz CT molecular complexity index is 533. The number of carboxylic acid groups (broad SMARTS) is 1. The summed E-state index contributed by atoms with van der Waals surface area (Å²) in [5.41, 5.74) is 0. The molecule has 238 valence electrons. The first-order chi connectivity index (χ1) is 19.6. The Labute approximate surface area is 250 Å². The summed E-state index contributed by atoms with van der Waals surface area (Å²) in [6.45, 7) is 4.53. The quantitative estimate of drug-likeness (QED) is 0.0633. The van der Waals surface area contributed by atoms with Crippen LogP contribution in [0.15, 0.2) is 0 Å². The van der Waals surface area contributed by atoms with Crippen LogP contribution in [0.4, 0.5) is 0 Å². The second-order valence-electron chi connectivity index (χ2n) is 12.4. The molecule has 0 aromatic heterocycles. The summed E-state index contributed by atoms with van der Waals surface area (Å²) in [7, 11) is 0. The van der Waals surface area contributed by atoms with Crippen molar-refractivity contribution in [3.05, 3.63) is 0 Å². The van der Waals surface area contributed by atoms with Crippen molar-refractivity contribution in [2.24, 2.45) is 0 Å². The van der Waals surface area contributed by atoms with E-state index < -0.39 is 5.97 Å². The van der Waals surface area contributed by atoms with E-state index in [-0.39, 0.29) is 18.5 Å². The lowest BCUT2D eigenvalue weighted by atomic mass is 10.0. The molecule has 0 rings (SSSR count). The van der Waals surface area contributed by atoms with Gasteiger partial charge in [-0.2, -0.15) is 0 Å². The predicted octanol–water partition coefficient (Wildman–Crippen LogP) is 12.1. The standard InChI is InChI=1S/C36H70O4/c1-3-5-7-9-11-12-13-14-15-16-17-18-19-25-29-33-36(39)40-34(30-26-22-10-8-6-4-2)31-27-23-20-21-24-28-32-35(37)38/h34H,3-33H2,1-2H3,(H,37,38)/t34-/m1/s1. The Morgan fingerprint density at radius 2 is 0.750 bits per heavy atom. The second kappa shape index (κ2) is 32.5. The van der Waals surface area contributed by atoms with Crippen LogP contribution in [0.25, 0.3) is 0 Å². The number of hydrogen-bond acceptors (Lipinski definition) is 3. The normalized spacial score (nSPS) is 12.1. The maximum Gasteiger partial charge on any atom is 0.306 e. The van der Waals surface area contributed by atoms with Crippen molar-refractivity contribution in [2.45, 2.75) is 219 Å². The molecule has 0 saturated carbocycles. The Kier molecular flexibility index (Phi) is 31.6. The molecule has 0 fully saturated rings. The van der Waals surface area contributed by atoms with Crippen LogP contribution in [0.1, 0.15) is 213 Å². The summed E-state index contributed by atoms with van der Waals surface area (Å²) >= 11 is 0. The molecule has 0 heterocycles. The Balaban J connectivity index is 3.87. The summed E-state index contributed by atoms with van der Waals surface area (Å²) in [6.07, 6.45) is 36.9. The average molecular weight is 567 g/mol. The number of unbranched alkanes of at least 4 members (excludes halogenated alkanes) is 24. The van der Waals surface area contributed by atoms with Gasteiger partial charge in [-0.25, -0.2) is 0 Å². The van der Waals surface area contributed by atoms with E-state index in [2.05, 4.69) is 13.8 Å². The molecule has 0 bridgehead atoms. The highest BCUT2D eigenvalue weighted by atomic mass is 16.5. The van der Waals surface area contributed by atoms with E-state index in [0.717, 1.165) is 70.6 Å². The number of esters is 1. The lowest BCUT2D eigenvalue weighted by Gasteiger charge is -2.18. The number of rotatable bonds is 33. The predicted molar refractivity (Wildman–Crippen MR) is 172 cm³/mol. The molecule has 0 aliphatic rings. The van der Waals surface area contributed by atoms with E-state index >= 15 is 0 Å². The van der Waals surface area contributed by atoms with Gasteiger partial charge < -0.3 is 9.84 Å². The average Bonchev–Trinajstić information content (AvgIpc) is 2.93. The molecular weight excluding hydrogens is 496 g/mol. The highest BCUT2D eigenvalue weighted by Crippen LogP contribution is 2.19. The first-order valence-electron chi connectivity index (χ1n) is 18.0. The molecule has 4 nitrogen and oxygen atoms in total. The zero-order valence-electron chi connectivity index (χ0n) is 27.2. The molecular formula is C36H70O4. The maximum atomic E-state index is 12.6. The van der Waals surface area contributed by atoms with Gasteiger partial charge in [-0.3, -0.25) is 9.59 Å². The topological polar surface area (TPSA) is 63.6 Å². The van der Waals surface area contributed by atoms with Gasteiger partial charge in [-0.05, 0) is 38.5 Å². The number of hydrogen-bond donors (Lipinski definition) is 1. The molecule has 0 radical (unpaired) electrons. The van der Waals surface area contributed by atoms with E-state index in [1.165, 1.54) is 116 Å². The van der Waals surface area contributed by atoms with Gasteiger partial charge in [-0.1, -0.05) is 162 Å². The number of carboxylic acids is 1. The van der Waals surface area contributed by atoms with E-state index in [4.69, 9.17) is 9.84 Å². The molecule has 0 saturated heterocycles. The third-order valence-corrected chi connectivity index (χ3v) is 8.33. The zero-order valence-corrected chi connectivity index (χ0v) is 27.2. The third-order valence-electron chi connectivity index (χ3n) is 8.33. The van der Waals surface area contributed by atoms with Crippen molar-refractivity contribution < 1.29 is 19.4 Å². The SMILES string of the molecule is CCCCCCCCCCCCCCCCCC(=O)O[C@H](CCCCCCCC)CCCCCCCCC(=O)O. The van der Waals surface area contributed by atoms with Crippen LogP contribution in [0.5, 0.6) is 0 Å². The fraction of sp³-hybridized carbons (Fsp3) is 0.944. The van der Waals surface area contributed by atoms with Crippen LogP contribution in [0, 0.1) is 0 Å². The minimum atomic E-state index is -0.691. The van der Waals surface area contributed by atoms with Crippen LogP contribution in [-0.4, -0.2) is 23.1 Å². The van der Waals surface area contributed by atoms with Crippen molar-refractivity contribution in [3.63, 3.8) is 0 Å². The van der Waals surface area contributed by atoms with Gasteiger partial charge in [0.2, 0.25) is 0 Å². The highest BCUT2D eigenvalue weighted by Gasteiger charge is 2.14. The summed E-state index contributed by atoms with van der Waals surface area (Å²) in [4.78, 5) is 23.2. The second-order valence-corrected chi connectivity index (χ2v) is 12.4. The van der Waals surface area contributed by atoms with Gasteiger partial charge in [-0.15, -0.1) is 0 Å². The van der Waals surface area contributed by atoms with Gasteiger partial charge in [0.1, 0.15) is 6.10 Å². The van der Waals surface area contributed by atoms with Crippen molar-refractivity contribution in [1.82, 2.24) is 0 Å². The first-order valence-corrected chi connectivity index (χ1v) is 18.0. The van der Waals surface area contributed by atoms with Crippen LogP contribution in [0.3, 0.4) is 0 Å².